The summed E-state index contributed by atoms with van der Waals surface area (Å²) in [6.07, 6.45) is 0. The van der Waals surface area contributed by atoms with Gasteiger partial charge in [-0.2, -0.15) is 5.10 Å². The number of methoxy groups -OCH3 is 1. The first-order valence-electron chi connectivity index (χ1n) is 8.27. The number of fused-ring (bicyclic) bond motifs is 1. The molecule has 0 amide bonds. The van der Waals surface area contributed by atoms with Gasteiger partial charge >= 0.3 is 0 Å². The summed E-state index contributed by atoms with van der Waals surface area (Å²) >= 11 is 5.99. The average molecular weight is 380 g/mol. The topological polar surface area (TPSA) is 46.0 Å². The molecule has 1 aliphatic heterocycles. The highest BCUT2D eigenvalue weighted by molar-refractivity contribution is 6.30. The summed E-state index contributed by atoms with van der Waals surface area (Å²) in [7, 11) is 1.61. The van der Waals surface area contributed by atoms with Gasteiger partial charge in [0.25, 0.3) is 0 Å². The van der Waals surface area contributed by atoms with Crippen LogP contribution in [0.5, 0.6) is 5.75 Å². The molecule has 3 aromatic rings. The van der Waals surface area contributed by atoms with Crippen LogP contribution in [0.4, 0.5) is 10.1 Å². The summed E-state index contributed by atoms with van der Waals surface area (Å²) in [6, 6.07) is 19.2. The molecular weight excluding hydrogens is 365 g/mol. The molecule has 0 unspecified atom stereocenters. The Hall–Kier alpha value is -3.18. The molecule has 0 fully saturated rings. The molecule has 0 atom stereocenters. The molecule has 3 aromatic carbocycles. The zero-order valence-electron chi connectivity index (χ0n) is 14.4. The monoisotopic (exact) mass is 379 g/mol. The van der Waals surface area contributed by atoms with Gasteiger partial charge < -0.3 is 4.74 Å². The molecule has 0 radical (unpaired) electrons. The van der Waals surface area contributed by atoms with E-state index in [1.807, 2.05) is 36.4 Å². The number of hydrogen-bond donors (Lipinski definition) is 1. The summed E-state index contributed by atoms with van der Waals surface area (Å²) in [4.78, 5) is 4.66. The second kappa shape index (κ2) is 7.21. The van der Waals surface area contributed by atoms with E-state index in [0.29, 0.717) is 27.8 Å². The Morgan fingerprint density at radius 3 is 2.33 bits per heavy atom. The normalized spacial score (nSPS) is 13.0. The van der Waals surface area contributed by atoms with Crippen LogP contribution in [0.15, 0.2) is 76.8 Å². The molecule has 0 saturated carbocycles. The lowest BCUT2D eigenvalue weighted by Crippen LogP contribution is -2.19. The number of rotatable bonds is 3. The van der Waals surface area contributed by atoms with E-state index in [1.165, 1.54) is 12.1 Å². The van der Waals surface area contributed by atoms with Gasteiger partial charge in [-0.25, -0.2) is 9.38 Å². The van der Waals surface area contributed by atoms with Gasteiger partial charge in [0, 0.05) is 21.7 Å². The SMILES string of the molecule is COc1ccc(C2=Nc3ccc(F)cc3C(c3ccc(Cl)cc3)=NN2)cc1. The van der Waals surface area contributed by atoms with Crippen molar-refractivity contribution in [2.45, 2.75) is 0 Å². The van der Waals surface area contributed by atoms with Gasteiger partial charge in [0.1, 0.15) is 17.3 Å². The largest absolute Gasteiger partial charge is 0.497 e. The molecule has 0 saturated heterocycles. The fourth-order valence-electron chi connectivity index (χ4n) is 2.82. The number of hydrazone groups is 1. The number of benzene rings is 3. The lowest BCUT2D eigenvalue weighted by atomic mass is 10.0. The van der Waals surface area contributed by atoms with Gasteiger partial charge in [-0.15, -0.1) is 0 Å². The Morgan fingerprint density at radius 2 is 1.63 bits per heavy atom. The number of hydrogen-bond acceptors (Lipinski definition) is 4. The van der Waals surface area contributed by atoms with E-state index in [-0.39, 0.29) is 5.82 Å². The van der Waals surface area contributed by atoms with E-state index in [0.717, 1.165) is 16.9 Å². The Morgan fingerprint density at radius 1 is 0.926 bits per heavy atom. The highest BCUT2D eigenvalue weighted by atomic mass is 35.5. The number of halogens is 2. The van der Waals surface area contributed by atoms with E-state index in [2.05, 4.69) is 15.5 Å². The van der Waals surface area contributed by atoms with Crippen molar-refractivity contribution < 1.29 is 9.13 Å². The highest BCUT2D eigenvalue weighted by Crippen LogP contribution is 2.27. The van der Waals surface area contributed by atoms with Crippen LogP contribution in [-0.4, -0.2) is 18.7 Å². The number of aliphatic imine (C=N–C) groups is 1. The zero-order chi connectivity index (χ0) is 18.8. The van der Waals surface area contributed by atoms with Crippen molar-refractivity contribution in [3.05, 3.63) is 94.3 Å². The van der Waals surface area contributed by atoms with Crippen LogP contribution < -0.4 is 10.2 Å². The summed E-state index contributed by atoms with van der Waals surface area (Å²) < 4.78 is 19.1. The van der Waals surface area contributed by atoms with Crippen LogP contribution in [0.2, 0.25) is 5.02 Å². The predicted octanol–water partition coefficient (Wildman–Crippen LogP) is 4.92. The van der Waals surface area contributed by atoms with E-state index in [4.69, 9.17) is 16.3 Å². The molecule has 0 spiro atoms. The third-order valence-corrected chi connectivity index (χ3v) is 4.45. The quantitative estimate of drug-likeness (QED) is 0.702. The lowest BCUT2D eigenvalue weighted by molar-refractivity contribution is 0.415. The van der Waals surface area contributed by atoms with E-state index >= 15 is 0 Å². The average Bonchev–Trinajstić information content (AvgIpc) is 2.88. The highest BCUT2D eigenvalue weighted by Gasteiger charge is 2.18. The van der Waals surface area contributed by atoms with Gasteiger partial charge in [0.15, 0.2) is 5.84 Å². The van der Waals surface area contributed by atoms with Crippen LogP contribution in [-0.2, 0) is 0 Å². The van der Waals surface area contributed by atoms with Crippen molar-refractivity contribution >= 4 is 28.8 Å². The first-order chi connectivity index (χ1) is 13.1. The third kappa shape index (κ3) is 3.55. The third-order valence-electron chi connectivity index (χ3n) is 4.20. The first-order valence-corrected chi connectivity index (χ1v) is 8.64. The van der Waals surface area contributed by atoms with Crippen LogP contribution in [0.25, 0.3) is 0 Å². The van der Waals surface area contributed by atoms with Crippen LogP contribution in [0, 0.1) is 5.82 Å². The second-order valence-corrected chi connectivity index (χ2v) is 6.37. The minimum Gasteiger partial charge on any atom is -0.497 e. The summed E-state index contributed by atoms with van der Waals surface area (Å²) in [5.41, 5.74) is 6.48. The van der Waals surface area contributed by atoms with Crippen molar-refractivity contribution in [1.82, 2.24) is 5.43 Å². The maximum absolute atomic E-state index is 13.9. The molecule has 1 heterocycles. The van der Waals surface area contributed by atoms with E-state index in [1.54, 1.807) is 25.3 Å². The number of amidine groups is 1. The summed E-state index contributed by atoms with van der Waals surface area (Å²) in [6.45, 7) is 0. The van der Waals surface area contributed by atoms with Crippen molar-refractivity contribution in [2.75, 3.05) is 7.11 Å². The molecule has 0 bridgehead atoms. The summed E-state index contributed by atoms with van der Waals surface area (Å²) in [5, 5.41) is 5.12. The summed E-state index contributed by atoms with van der Waals surface area (Å²) in [5.74, 6) is 0.966. The zero-order valence-corrected chi connectivity index (χ0v) is 15.2. The van der Waals surface area contributed by atoms with Gasteiger partial charge in [-0.1, -0.05) is 23.7 Å². The van der Waals surface area contributed by atoms with Gasteiger partial charge in [0.2, 0.25) is 0 Å². The molecule has 1 N–H and O–H groups in total. The first kappa shape index (κ1) is 17.2. The number of nitrogens with one attached hydrogen (secondary N) is 1. The van der Waals surface area contributed by atoms with Crippen molar-refractivity contribution in [2.24, 2.45) is 10.1 Å². The molecule has 1 aliphatic rings. The minimum absolute atomic E-state index is 0.349. The Labute approximate surface area is 161 Å². The van der Waals surface area contributed by atoms with Crippen LogP contribution >= 0.6 is 11.6 Å². The molecular formula is C21H15ClFN3O. The minimum atomic E-state index is -0.349. The number of nitrogens with zero attached hydrogens (tertiary/aromatic N) is 2. The van der Waals surface area contributed by atoms with Crippen molar-refractivity contribution in [3.8, 4) is 5.75 Å². The maximum Gasteiger partial charge on any atom is 0.154 e. The smallest absolute Gasteiger partial charge is 0.154 e. The van der Waals surface area contributed by atoms with Crippen LogP contribution in [0.1, 0.15) is 16.7 Å². The van der Waals surface area contributed by atoms with Crippen molar-refractivity contribution in [3.63, 3.8) is 0 Å². The van der Waals surface area contributed by atoms with E-state index < -0.39 is 0 Å². The fourth-order valence-corrected chi connectivity index (χ4v) is 2.94. The molecule has 4 rings (SSSR count). The second-order valence-electron chi connectivity index (χ2n) is 5.93. The Balaban J connectivity index is 1.82. The lowest BCUT2D eigenvalue weighted by Gasteiger charge is -2.08. The molecule has 6 heteroatoms. The molecule has 27 heavy (non-hydrogen) atoms. The molecule has 0 aliphatic carbocycles. The van der Waals surface area contributed by atoms with Gasteiger partial charge in [-0.05, 0) is 54.6 Å². The maximum atomic E-state index is 13.9. The molecule has 134 valence electrons. The van der Waals surface area contributed by atoms with Gasteiger partial charge in [-0.3, -0.25) is 5.43 Å². The fraction of sp³-hybridized carbons (Fsp3) is 0.0476. The van der Waals surface area contributed by atoms with Gasteiger partial charge in [0.05, 0.1) is 12.8 Å². The molecule has 4 nitrogen and oxygen atoms in total. The van der Waals surface area contributed by atoms with Crippen molar-refractivity contribution in [1.29, 1.82) is 0 Å². The number of ether oxygens (including phenoxy) is 1. The van der Waals surface area contributed by atoms with Crippen LogP contribution in [0.3, 0.4) is 0 Å². The predicted molar refractivity (Wildman–Crippen MR) is 106 cm³/mol. The molecule has 0 aromatic heterocycles. The standard InChI is InChI=1S/C21H15ClFN3O/c1-27-17-9-4-14(5-10-17)21-24-19-11-8-16(23)12-18(19)20(25-26-21)13-2-6-15(22)7-3-13/h2-12H,1H3,(H,24,26). The van der Waals surface area contributed by atoms with E-state index in [9.17, 15) is 4.39 Å². The Kier molecular flexibility index (Phi) is 4.60. The Bertz CT molecular complexity index is 1040.